The third-order valence-corrected chi connectivity index (χ3v) is 4.00. The van der Waals surface area contributed by atoms with E-state index in [9.17, 15) is 0 Å². The van der Waals surface area contributed by atoms with E-state index in [0.717, 1.165) is 22.9 Å². The molecule has 1 aromatic carbocycles. The van der Waals surface area contributed by atoms with E-state index in [1.54, 1.807) is 6.20 Å². The van der Waals surface area contributed by atoms with E-state index in [1.807, 2.05) is 12.1 Å². The summed E-state index contributed by atoms with van der Waals surface area (Å²) in [6, 6.07) is 8.70. The minimum absolute atomic E-state index is 0.543. The highest BCUT2D eigenvalue weighted by Gasteiger charge is 2.30. The first-order valence-corrected chi connectivity index (χ1v) is 6.76. The lowest BCUT2D eigenvalue weighted by molar-refractivity contribution is 0.375. The molecule has 1 aliphatic carbocycles. The third-order valence-electron chi connectivity index (χ3n) is 3.17. The maximum atomic E-state index is 5.99. The van der Waals surface area contributed by atoms with Crippen LogP contribution in [0.4, 0.5) is 5.00 Å². The third kappa shape index (κ3) is 2.42. The number of rotatable bonds is 3. The molecule has 1 heterocycles. The summed E-state index contributed by atoms with van der Waals surface area (Å²) in [5, 5.41) is 9.12. The van der Waals surface area contributed by atoms with Crippen LogP contribution in [0, 0.1) is 0 Å². The SMILES string of the molecule is Clc1cccc(C2CC(Nc3cnns3)C2)c1. The van der Waals surface area contributed by atoms with E-state index in [0.29, 0.717) is 12.0 Å². The Balaban J connectivity index is 1.58. The smallest absolute Gasteiger partial charge is 0.130 e. The normalized spacial score (nSPS) is 23.1. The first-order chi connectivity index (χ1) is 8.31. The molecule has 1 N–H and O–H groups in total. The zero-order valence-corrected chi connectivity index (χ0v) is 10.7. The molecule has 3 rings (SSSR count). The summed E-state index contributed by atoms with van der Waals surface area (Å²) in [6.45, 7) is 0. The van der Waals surface area contributed by atoms with Gasteiger partial charge >= 0.3 is 0 Å². The van der Waals surface area contributed by atoms with Gasteiger partial charge in [0.25, 0.3) is 0 Å². The van der Waals surface area contributed by atoms with Crippen molar-refractivity contribution in [3.05, 3.63) is 41.0 Å². The minimum atomic E-state index is 0.543. The van der Waals surface area contributed by atoms with Gasteiger partial charge in [0, 0.05) is 22.6 Å². The van der Waals surface area contributed by atoms with Crippen molar-refractivity contribution in [2.75, 3.05) is 5.32 Å². The summed E-state index contributed by atoms with van der Waals surface area (Å²) in [6.07, 6.45) is 4.08. The van der Waals surface area contributed by atoms with E-state index in [2.05, 4.69) is 27.0 Å². The van der Waals surface area contributed by atoms with Gasteiger partial charge in [0.2, 0.25) is 0 Å². The number of nitrogens with one attached hydrogen (secondary N) is 1. The molecule has 1 aromatic heterocycles. The monoisotopic (exact) mass is 265 g/mol. The molecule has 0 saturated heterocycles. The van der Waals surface area contributed by atoms with Crippen molar-refractivity contribution in [3.8, 4) is 0 Å². The highest BCUT2D eigenvalue weighted by atomic mass is 35.5. The average Bonchev–Trinajstić information content (AvgIpc) is 2.75. The number of nitrogens with zero attached hydrogens (tertiary/aromatic N) is 2. The lowest BCUT2D eigenvalue weighted by Crippen LogP contribution is -2.33. The zero-order chi connectivity index (χ0) is 11.7. The van der Waals surface area contributed by atoms with Crippen molar-refractivity contribution in [1.82, 2.24) is 9.59 Å². The number of halogens is 1. The average molecular weight is 266 g/mol. The Morgan fingerprint density at radius 3 is 2.94 bits per heavy atom. The highest BCUT2D eigenvalue weighted by Crippen LogP contribution is 2.39. The predicted octanol–water partition coefficient (Wildman–Crippen LogP) is 3.55. The van der Waals surface area contributed by atoms with Crippen LogP contribution >= 0.6 is 23.1 Å². The van der Waals surface area contributed by atoms with Crippen molar-refractivity contribution in [1.29, 1.82) is 0 Å². The van der Waals surface area contributed by atoms with E-state index >= 15 is 0 Å². The fourth-order valence-electron chi connectivity index (χ4n) is 2.20. The van der Waals surface area contributed by atoms with Crippen LogP contribution in [0.2, 0.25) is 5.02 Å². The lowest BCUT2D eigenvalue weighted by atomic mass is 9.76. The molecule has 3 nitrogen and oxygen atoms in total. The maximum Gasteiger partial charge on any atom is 0.130 e. The second kappa shape index (κ2) is 4.63. The summed E-state index contributed by atoms with van der Waals surface area (Å²) in [4.78, 5) is 0. The quantitative estimate of drug-likeness (QED) is 0.922. The summed E-state index contributed by atoms with van der Waals surface area (Å²) in [5.74, 6) is 0.632. The van der Waals surface area contributed by atoms with Crippen LogP contribution in [0.15, 0.2) is 30.5 Å². The standard InChI is InChI=1S/C12H12ClN3S/c13-10-3-1-2-8(4-10)9-5-11(6-9)15-12-7-14-16-17-12/h1-4,7,9,11,15H,5-6H2. The summed E-state index contributed by atoms with van der Waals surface area (Å²) >= 11 is 7.40. The largest absolute Gasteiger partial charge is 0.372 e. The van der Waals surface area contributed by atoms with Crippen LogP contribution in [-0.4, -0.2) is 15.6 Å². The summed E-state index contributed by atoms with van der Waals surface area (Å²) in [7, 11) is 0. The van der Waals surface area contributed by atoms with Crippen LogP contribution < -0.4 is 5.32 Å². The first kappa shape index (κ1) is 11.0. The van der Waals surface area contributed by atoms with Crippen molar-refractivity contribution in [2.24, 2.45) is 0 Å². The van der Waals surface area contributed by atoms with Gasteiger partial charge in [-0.05, 0) is 36.5 Å². The number of benzene rings is 1. The Morgan fingerprint density at radius 2 is 2.24 bits per heavy atom. The molecule has 88 valence electrons. The van der Waals surface area contributed by atoms with E-state index in [1.165, 1.54) is 17.1 Å². The number of aromatic nitrogens is 2. The van der Waals surface area contributed by atoms with Gasteiger partial charge < -0.3 is 5.32 Å². The zero-order valence-electron chi connectivity index (χ0n) is 9.14. The topological polar surface area (TPSA) is 37.8 Å². The fourth-order valence-corrected chi connectivity index (χ4v) is 2.89. The number of hydrogen-bond donors (Lipinski definition) is 1. The van der Waals surface area contributed by atoms with E-state index < -0.39 is 0 Å². The van der Waals surface area contributed by atoms with Crippen LogP contribution in [0.3, 0.4) is 0 Å². The van der Waals surface area contributed by atoms with Gasteiger partial charge in [-0.15, -0.1) is 5.10 Å². The Morgan fingerprint density at radius 1 is 1.35 bits per heavy atom. The first-order valence-electron chi connectivity index (χ1n) is 5.60. The van der Waals surface area contributed by atoms with Crippen LogP contribution in [-0.2, 0) is 0 Å². The Kier molecular flexibility index (Phi) is 2.99. The van der Waals surface area contributed by atoms with E-state index in [-0.39, 0.29) is 0 Å². The van der Waals surface area contributed by atoms with Gasteiger partial charge in [-0.3, -0.25) is 0 Å². The molecule has 0 radical (unpaired) electrons. The molecule has 0 bridgehead atoms. The van der Waals surface area contributed by atoms with Gasteiger partial charge in [0.05, 0.1) is 6.20 Å². The molecule has 0 spiro atoms. The summed E-state index contributed by atoms with van der Waals surface area (Å²) in [5.41, 5.74) is 1.35. The second-order valence-electron chi connectivity index (χ2n) is 4.35. The second-order valence-corrected chi connectivity index (χ2v) is 5.57. The molecular formula is C12H12ClN3S. The van der Waals surface area contributed by atoms with Crippen molar-refractivity contribution in [2.45, 2.75) is 24.8 Å². The van der Waals surface area contributed by atoms with Crippen molar-refractivity contribution < 1.29 is 0 Å². The van der Waals surface area contributed by atoms with Crippen molar-refractivity contribution in [3.63, 3.8) is 0 Å². The van der Waals surface area contributed by atoms with Crippen molar-refractivity contribution >= 4 is 28.1 Å². The Hall–Kier alpha value is -1.13. The maximum absolute atomic E-state index is 5.99. The molecular weight excluding hydrogens is 254 g/mol. The molecule has 0 unspecified atom stereocenters. The van der Waals surface area contributed by atoms with Gasteiger partial charge in [0.15, 0.2) is 0 Å². The van der Waals surface area contributed by atoms with Gasteiger partial charge in [-0.2, -0.15) is 0 Å². The van der Waals surface area contributed by atoms with Gasteiger partial charge in [-0.1, -0.05) is 28.2 Å². The fraction of sp³-hybridized carbons (Fsp3) is 0.333. The lowest BCUT2D eigenvalue weighted by Gasteiger charge is -2.36. The minimum Gasteiger partial charge on any atom is -0.372 e. The molecule has 0 aliphatic heterocycles. The molecule has 5 heteroatoms. The van der Waals surface area contributed by atoms with Gasteiger partial charge in [0.1, 0.15) is 5.00 Å². The van der Waals surface area contributed by atoms with Crippen LogP contribution in [0.1, 0.15) is 24.3 Å². The Bertz CT molecular complexity index is 494. The highest BCUT2D eigenvalue weighted by molar-refractivity contribution is 7.09. The molecule has 0 amide bonds. The molecule has 2 aromatic rings. The molecule has 1 aliphatic rings. The Labute approximate surface area is 109 Å². The van der Waals surface area contributed by atoms with Crippen LogP contribution in [0.5, 0.6) is 0 Å². The summed E-state index contributed by atoms with van der Waals surface area (Å²) < 4.78 is 3.83. The molecule has 1 saturated carbocycles. The predicted molar refractivity (Wildman–Crippen MR) is 70.7 cm³/mol. The molecule has 1 fully saturated rings. The van der Waals surface area contributed by atoms with Crippen LogP contribution in [0.25, 0.3) is 0 Å². The number of hydrogen-bond acceptors (Lipinski definition) is 4. The van der Waals surface area contributed by atoms with E-state index in [4.69, 9.17) is 11.6 Å². The van der Waals surface area contributed by atoms with Gasteiger partial charge in [-0.25, -0.2) is 0 Å². The molecule has 0 atom stereocenters. The molecule has 17 heavy (non-hydrogen) atoms. The number of anilines is 1.